The van der Waals surface area contributed by atoms with Gasteiger partial charge in [0.1, 0.15) is 11.5 Å². The van der Waals surface area contributed by atoms with Gasteiger partial charge in [-0.2, -0.15) is 0 Å². The highest BCUT2D eigenvalue weighted by Crippen LogP contribution is 2.35. The Hall–Kier alpha value is -3.79. The van der Waals surface area contributed by atoms with Crippen molar-refractivity contribution in [3.8, 4) is 22.8 Å². The molecule has 0 unspecified atom stereocenters. The van der Waals surface area contributed by atoms with Crippen molar-refractivity contribution in [1.29, 1.82) is 0 Å². The van der Waals surface area contributed by atoms with E-state index in [4.69, 9.17) is 41.8 Å². The first kappa shape index (κ1) is 27.8. The zero-order chi connectivity index (χ0) is 28.4. The number of methoxy groups -OCH3 is 1. The average Bonchev–Trinajstić information content (AvgIpc) is 3.53. The smallest absolute Gasteiger partial charge is 0.337 e. The van der Waals surface area contributed by atoms with Crippen LogP contribution in [0.5, 0.6) is 11.5 Å². The lowest BCUT2D eigenvalue weighted by Crippen LogP contribution is -2.39. The normalized spacial score (nSPS) is 14.8. The summed E-state index contributed by atoms with van der Waals surface area (Å²) >= 11 is 13.5. The first-order chi connectivity index (χ1) is 19.3. The Balaban J connectivity index is 1.61. The highest BCUT2D eigenvalue weighted by Gasteiger charge is 2.31. The van der Waals surface area contributed by atoms with Gasteiger partial charge in [-0.1, -0.05) is 40.6 Å². The number of hydrogen-bond acceptors (Lipinski definition) is 8. The van der Waals surface area contributed by atoms with Crippen LogP contribution in [0.4, 0.5) is 0 Å². The van der Waals surface area contributed by atoms with Gasteiger partial charge in [-0.15, -0.1) is 0 Å². The van der Waals surface area contributed by atoms with E-state index in [9.17, 15) is 9.59 Å². The number of ether oxygens (including phenoxy) is 3. The minimum atomic E-state index is -0.791. The van der Waals surface area contributed by atoms with Gasteiger partial charge < -0.3 is 18.6 Å². The van der Waals surface area contributed by atoms with E-state index in [1.165, 1.54) is 29.2 Å². The third kappa shape index (κ3) is 5.32. The maximum atomic E-state index is 13.8. The maximum absolute atomic E-state index is 13.8. The second-order valence-electron chi connectivity index (χ2n) is 8.57. The maximum Gasteiger partial charge on any atom is 0.337 e. The topological polar surface area (TPSA) is 92.3 Å². The summed E-state index contributed by atoms with van der Waals surface area (Å²) in [7, 11) is 1.29. The number of fused-ring (bicyclic) bond motifs is 1. The highest BCUT2D eigenvalue weighted by molar-refractivity contribution is 7.07. The molecule has 3 heterocycles. The first-order valence-corrected chi connectivity index (χ1v) is 14.0. The summed E-state index contributed by atoms with van der Waals surface area (Å²) in [5.41, 5.74) is 1.20. The second-order valence-corrected chi connectivity index (χ2v) is 10.4. The molecule has 0 aliphatic carbocycles. The van der Waals surface area contributed by atoms with E-state index < -0.39 is 12.0 Å². The third-order valence-electron chi connectivity index (χ3n) is 6.10. The number of thiazole rings is 1. The van der Waals surface area contributed by atoms with Gasteiger partial charge in [0.25, 0.3) is 5.56 Å². The minimum absolute atomic E-state index is 0.214. The quantitative estimate of drug-likeness (QED) is 0.253. The lowest BCUT2D eigenvalue weighted by molar-refractivity contribution is -0.136. The fourth-order valence-corrected chi connectivity index (χ4v) is 5.83. The molecule has 1 aliphatic rings. The number of benzene rings is 2. The standard InChI is InChI=1S/C29H24Cl2N2O6S/c1-4-37-23-10-6-16(12-24(23)38-5-2)26-20(28(35)36-3)15-32-29-33(26)27(34)25(40-29)14-18-8-11-22(39-18)19-9-7-17(30)13-21(19)31/h6-15,26H,4-5H2,1-3H3/b25-14+/t26-/m1/s1. The Morgan fingerprint density at radius 2 is 1.85 bits per heavy atom. The van der Waals surface area contributed by atoms with Crippen LogP contribution >= 0.6 is 34.5 Å². The van der Waals surface area contributed by atoms with Gasteiger partial charge in [0.15, 0.2) is 16.3 Å². The van der Waals surface area contributed by atoms with Gasteiger partial charge >= 0.3 is 5.97 Å². The Labute approximate surface area is 243 Å². The van der Waals surface area contributed by atoms with Gasteiger partial charge in [0, 0.05) is 22.9 Å². The van der Waals surface area contributed by atoms with E-state index >= 15 is 0 Å². The van der Waals surface area contributed by atoms with Gasteiger partial charge in [0.05, 0.1) is 41.5 Å². The van der Waals surface area contributed by atoms with E-state index in [0.29, 0.717) is 66.7 Å². The van der Waals surface area contributed by atoms with Gasteiger partial charge in [-0.3, -0.25) is 9.36 Å². The van der Waals surface area contributed by atoms with Crippen LogP contribution < -0.4 is 24.4 Å². The van der Waals surface area contributed by atoms with Crippen molar-refractivity contribution in [3.05, 3.63) is 101 Å². The van der Waals surface area contributed by atoms with Crippen LogP contribution in [-0.2, 0) is 9.53 Å². The van der Waals surface area contributed by atoms with Crippen molar-refractivity contribution in [2.24, 2.45) is 4.99 Å². The number of furan rings is 1. The molecule has 0 fully saturated rings. The molecule has 40 heavy (non-hydrogen) atoms. The van der Waals surface area contributed by atoms with Crippen LogP contribution in [0.15, 0.2) is 74.5 Å². The molecule has 11 heteroatoms. The Bertz CT molecular complexity index is 1800. The number of carbonyl (C=O) groups is 1. The van der Waals surface area contributed by atoms with Crippen molar-refractivity contribution in [2.75, 3.05) is 20.3 Å². The van der Waals surface area contributed by atoms with Crippen molar-refractivity contribution < 1.29 is 23.4 Å². The first-order valence-electron chi connectivity index (χ1n) is 12.4. The molecule has 0 saturated carbocycles. The molecule has 1 aliphatic heterocycles. The summed E-state index contributed by atoms with van der Waals surface area (Å²) in [6, 6.07) is 13.2. The molecule has 0 saturated heterocycles. The number of aromatic nitrogens is 1. The van der Waals surface area contributed by atoms with Gasteiger partial charge in [-0.05, 0) is 61.9 Å². The fraction of sp³-hybridized carbons (Fsp3) is 0.207. The predicted octanol–water partition coefficient (Wildman–Crippen LogP) is 5.38. The van der Waals surface area contributed by atoms with Gasteiger partial charge in [-0.25, -0.2) is 9.79 Å². The van der Waals surface area contributed by atoms with Crippen LogP contribution in [0.3, 0.4) is 0 Å². The second kappa shape index (κ2) is 11.8. The predicted molar refractivity (Wildman–Crippen MR) is 154 cm³/mol. The Morgan fingerprint density at radius 1 is 1.07 bits per heavy atom. The molecule has 0 radical (unpaired) electrons. The lowest BCUT2D eigenvalue weighted by atomic mass is 9.97. The summed E-state index contributed by atoms with van der Waals surface area (Å²) in [5, 5.41) is 0.966. The molecule has 8 nitrogen and oxygen atoms in total. The highest BCUT2D eigenvalue weighted by atomic mass is 35.5. The van der Waals surface area contributed by atoms with E-state index in [0.717, 1.165) is 0 Å². The summed E-state index contributed by atoms with van der Waals surface area (Å²) in [5.74, 6) is 1.47. The zero-order valence-electron chi connectivity index (χ0n) is 21.8. The summed E-state index contributed by atoms with van der Waals surface area (Å²) in [6.07, 6.45) is 3.08. The van der Waals surface area contributed by atoms with E-state index in [-0.39, 0.29) is 11.1 Å². The molecule has 2 aromatic carbocycles. The molecule has 0 N–H and O–H groups in total. The number of nitrogens with zero attached hydrogens (tertiary/aromatic N) is 2. The van der Waals surface area contributed by atoms with Crippen molar-refractivity contribution in [1.82, 2.24) is 4.57 Å². The zero-order valence-corrected chi connectivity index (χ0v) is 24.1. The largest absolute Gasteiger partial charge is 0.490 e. The minimum Gasteiger partial charge on any atom is -0.490 e. The molecule has 1 atom stereocenters. The summed E-state index contributed by atoms with van der Waals surface area (Å²) < 4.78 is 24.3. The lowest BCUT2D eigenvalue weighted by Gasteiger charge is -2.23. The average molecular weight is 599 g/mol. The van der Waals surface area contributed by atoms with Crippen LogP contribution in [0.2, 0.25) is 10.0 Å². The van der Waals surface area contributed by atoms with Crippen LogP contribution in [0.1, 0.15) is 31.2 Å². The molecular weight excluding hydrogens is 575 g/mol. The molecular formula is C29H24Cl2N2O6S. The number of rotatable bonds is 8. The van der Waals surface area contributed by atoms with Crippen molar-refractivity contribution in [3.63, 3.8) is 0 Å². The van der Waals surface area contributed by atoms with Crippen LogP contribution in [0, 0.1) is 0 Å². The molecule has 5 rings (SSSR count). The molecule has 0 bridgehead atoms. The number of halogens is 2. The van der Waals surface area contributed by atoms with Crippen LogP contribution in [-0.4, -0.2) is 30.9 Å². The van der Waals surface area contributed by atoms with E-state index in [2.05, 4.69) is 4.99 Å². The molecule has 2 aromatic heterocycles. The number of hydrogen-bond donors (Lipinski definition) is 0. The SMILES string of the molecule is CCOc1ccc([C@@H]2C(C(=O)OC)=CN=c3s/c(=C/c4ccc(-c5ccc(Cl)cc5Cl)o4)c(=O)n32)cc1OCC. The molecule has 206 valence electrons. The summed E-state index contributed by atoms with van der Waals surface area (Å²) in [4.78, 5) is 31.4. The van der Waals surface area contributed by atoms with Crippen molar-refractivity contribution >= 4 is 46.6 Å². The van der Waals surface area contributed by atoms with E-state index in [1.807, 2.05) is 13.8 Å². The van der Waals surface area contributed by atoms with E-state index in [1.54, 1.807) is 54.6 Å². The Kier molecular flexibility index (Phi) is 8.16. The fourth-order valence-electron chi connectivity index (χ4n) is 4.38. The third-order valence-corrected chi connectivity index (χ3v) is 7.65. The van der Waals surface area contributed by atoms with Gasteiger partial charge in [0.2, 0.25) is 0 Å². The van der Waals surface area contributed by atoms with Crippen molar-refractivity contribution in [2.45, 2.75) is 19.9 Å². The number of esters is 1. The molecule has 4 aromatic rings. The van der Waals surface area contributed by atoms with Crippen LogP contribution in [0.25, 0.3) is 17.4 Å². The molecule has 0 amide bonds. The Morgan fingerprint density at radius 3 is 2.58 bits per heavy atom. The monoisotopic (exact) mass is 598 g/mol. The summed E-state index contributed by atoms with van der Waals surface area (Å²) in [6.45, 7) is 4.62. The molecule has 0 spiro atoms. The number of carbonyl (C=O) groups excluding carboxylic acids is 1.